The minimum Gasteiger partial charge on any atom is -0.365 e. The van der Waals surface area contributed by atoms with Gasteiger partial charge >= 0.3 is 0 Å². The Morgan fingerprint density at radius 3 is 2.77 bits per heavy atom. The van der Waals surface area contributed by atoms with Gasteiger partial charge in [0.05, 0.1) is 5.52 Å². The minimum absolute atomic E-state index is 0.0673. The molecule has 0 radical (unpaired) electrons. The molecule has 2 atom stereocenters. The van der Waals surface area contributed by atoms with Crippen molar-refractivity contribution in [1.82, 2.24) is 14.5 Å². The third-order valence-corrected chi connectivity index (χ3v) is 6.44. The zero-order chi connectivity index (χ0) is 22.1. The molecule has 31 heavy (non-hydrogen) atoms. The molecule has 2 aromatic heterocycles. The van der Waals surface area contributed by atoms with E-state index in [4.69, 9.17) is 11.5 Å². The highest BCUT2D eigenvalue weighted by Gasteiger charge is 2.23. The number of anilines is 3. The molecule has 8 heteroatoms. The maximum atomic E-state index is 12.1. The quantitative estimate of drug-likeness (QED) is 0.484. The van der Waals surface area contributed by atoms with Crippen molar-refractivity contribution in [2.45, 2.75) is 58.0 Å². The second-order valence-corrected chi connectivity index (χ2v) is 8.32. The number of carbonyl (C=O) groups is 1. The Morgan fingerprint density at radius 1 is 1.29 bits per heavy atom. The van der Waals surface area contributed by atoms with E-state index in [9.17, 15) is 4.79 Å². The summed E-state index contributed by atoms with van der Waals surface area (Å²) >= 11 is 0. The summed E-state index contributed by atoms with van der Waals surface area (Å²) in [4.78, 5) is 21.0. The summed E-state index contributed by atoms with van der Waals surface area (Å²) in [6, 6.07) is 6.28. The fraction of sp³-hybridized carbons (Fsp3) is 0.435. The average molecular weight is 422 g/mol. The van der Waals surface area contributed by atoms with E-state index in [1.807, 2.05) is 12.1 Å². The highest BCUT2D eigenvalue weighted by Crippen LogP contribution is 2.34. The zero-order valence-corrected chi connectivity index (χ0v) is 18.4. The van der Waals surface area contributed by atoms with Gasteiger partial charge in [0.15, 0.2) is 0 Å². The number of nitrogens with zero attached hydrogens (tertiary/aromatic N) is 3. The van der Waals surface area contributed by atoms with E-state index in [0.717, 1.165) is 48.7 Å². The predicted octanol–water partition coefficient (Wildman–Crippen LogP) is 3.36. The van der Waals surface area contributed by atoms with Crippen LogP contribution in [-0.4, -0.2) is 32.5 Å². The number of rotatable bonds is 6. The normalized spacial score (nSPS) is 18.8. The third-order valence-electron chi connectivity index (χ3n) is 6.44. The highest BCUT2D eigenvalue weighted by molar-refractivity contribution is 6.01. The number of nitrogens with two attached hydrogens (primary N) is 2. The molecular weight excluding hydrogens is 390 g/mol. The van der Waals surface area contributed by atoms with Gasteiger partial charge in [-0.15, -0.1) is 0 Å². The van der Waals surface area contributed by atoms with E-state index in [1.54, 1.807) is 0 Å². The van der Waals surface area contributed by atoms with Crippen LogP contribution in [-0.2, 0) is 13.5 Å². The summed E-state index contributed by atoms with van der Waals surface area (Å²) < 4.78 is 2.19. The molecule has 0 unspecified atom stereocenters. The number of hydrogen-bond acceptors (Lipinski definition) is 6. The van der Waals surface area contributed by atoms with Gasteiger partial charge in [-0.05, 0) is 43.9 Å². The van der Waals surface area contributed by atoms with Gasteiger partial charge in [0.1, 0.15) is 11.4 Å². The van der Waals surface area contributed by atoms with Crippen LogP contribution in [0.1, 0.15) is 54.2 Å². The molecule has 8 nitrogen and oxygen atoms in total. The second-order valence-electron chi connectivity index (χ2n) is 8.32. The Kier molecular flexibility index (Phi) is 5.82. The number of hydrogen-bond donors (Lipinski definition) is 4. The average Bonchev–Trinajstić information content (AvgIpc) is 3.00. The van der Waals surface area contributed by atoms with Crippen LogP contribution in [0.3, 0.4) is 0 Å². The van der Waals surface area contributed by atoms with Gasteiger partial charge in [-0.2, -0.15) is 4.98 Å². The van der Waals surface area contributed by atoms with Crippen LogP contribution in [0, 0.1) is 6.92 Å². The summed E-state index contributed by atoms with van der Waals surface area (Å²) in [5.74, 6) is 0.267. The van der Waals surface area contributed by atoms with Crippen molar-refractivity contribution < 1.29 is 4.79 Å². The Balaban J connectivity index is 1.74. The third kappa shape index (κ3) is 3.95. The fourth-order valence-electron chi connectivity index (χ4n) is 4.60. The van der Waals surface area contributed by atoms with Crippen molar-refractivity contribution in [2.24, 2.45) is 18.5 Å². The van der Waals surface area contributed by atoms with Gasteiger partial charge < -0.3 is 26.7 Å². The molecule has 0 bridgehead atoms. The monoisotopic (exact) mass is 421 g/mol. The Hall–Kier alpha value is -3.13. The molecule has 1 aromatic carbocycles. The topological polar surface area (TPSA) is 124 Å². The van der Waals surface area contributed by atoms with Crippen molar-refractivity contribution in [1.29, 1.82) is 0 Å². The number of fused-ring (bicyclic) bond motifs is 1. The van der Waals surface area contributed by atoms with Crippen molar-refractivity contribution >= 4 is 34.3 Å². The van der Waals surface area contributed by atoms with Crippen LogP contribution in [0.4, 0.5) is 17.5 Å². The first-order chi connectivity index (χ1) is 14.9. The highest BCUT2D eigenvalue weighted by atomic mass is 16.1. The van der Waals surface area contributed by atoms with Gasteiger partial charge in [-0.3, -0.25) is 4.79 Å². The first kappa shape index (κ1) is 21.1. The number of aromatic nitrogens is 3. The van der Waals surface area contributed by atoms with Crippen LogP contribution in [0.15, 0.2) is 24.4 Å². The van der Waals surface area contributed by atoms with Crippen molar-refractivity contribution in [3.8, 4) is 0 Å². The molecule has 1 amide bonds. The molecular formula is C23H31N7O. The lowest BCUT2D eigenvalue weighted by Gasteiger charge is -2.29. The minimum atomic E-state index is -0.574. The maximum absolute atomic E-state index is 12.1. The lowest BCUT2D eigenvalue weighted by molar-refractivity contribution is 0.100. The Morgan fingerprint density at radius 2 is 2.06 bits per heavy atom. The molecule has 0 aliphatic heterocycles. The van der Waals surface area contributed by atoms with E-state index >= 15 is 0 Å². The van der Waals surface area contributed by atoms with Gasteiger partial charge in [-0.1, -0.05) is 25.8 Å². The molecule has 164 valence electrons. The van der Waals surface area contributed by atoms with Crippen LogP contribution >= 0.6 is 0 Å². The number of primary amides is 1. The smallest absolute Gasteiger partial charge is 0.254 e. The first-order valence-corrected chi connectivity index (χ1v) is 10.9. The van der Waals surface area contributed by atoms with Crippen LogP contribution < -0.4 is 22.1 Å². The summed E-state index contributed by atoms with van der Waals surface area (Å²) in [6.07, 6.45) is 6.62. The summed E-state index contributed by atoms with van der Waals surface area (Å²) in [5, 5.41) is 7.84. The lowest BCUT2D eigenvalue weighted by atomic mass is 9.91. The zero-order valence-electron chi connectivity index (χ0n) is 18.4. The number of aryl methyl sites for hydroxylation is 2. The number of amides is 1. The number of carbonyl (C=O) groups excluding carboxylic acids is 1. The SMILES string of the molecule is CCc1c(C)n(C)c2cccc(Nc3nc(N[C@@H]4CCCC[C@@H]4N)ncc3C(N)=O)c12. The molecule has 0 saturated heterocycles. The molecule has 0 spiro atoms. The Bertz CT molecular complexity index is 1120. The molecule has 6 N–H and O–H groups in total. The van der Waals surface area contributed by atoms with Crippen LogP contribution in [0.5, 0.6) is 0 Å². The lowest BCUT2D eigenvalue weighted by Crippen LogP contribution is -2.43. The van der Waals surface area contributed by atoms with Crippen molar-refractivity contribution in [3.63, 3.8) is 0 Å². The van der Waals surface area contributed by atoms with Crippen LogP contribution in [0.25, 0.3) is 10.9 Å². The fourth-order valence-corrected chi connectivity index (χ4v) is 4.60. The molecule has 4 rings (SSSR count). The number of benzene rings is 1. The van der Waals surface area contributed by atoms with Gasteiger partial charge in [-0.25, -0.2) is 4.98 Å². The van der Waals surface area contributed by atoms with Crippen molar-refractivity contribution in [2.75, 3.05) is 10.6 Å². The number of nitrogens with one attached hydrogen (secondary N) is 2. The van der Waals surface area contributed by atoms with E-state index in [2.05, 4.69) is 52.1 Å². The molecule has 1 saturated carbocycles. The van der Waals surface area contributed by atoms with E-state index < -0.39 is 5.91 Å². The standard InChI is InChI=1S/C23H31N7O/c1-4-14-13(2)30(3)19-11-7-10-18(20(14)19)27-22-15(21(25)31)12-26-23(29-22)28-17-9-6-5-8-16(17)24/h7,10-12,16-17H,4-6,8-9,24H2,1-3H3,(H2,25,31)(H2,26,27,28,29)/t16-,17+/m0/s1. The van der Waals surface area contributed by atoms with Crippen molar-refractivity contribution in [3.05, 3.63) is 41.2 Å². The Labute approximate surface area is 182 Å². The van der Waals surface area contributed by atoms with Crippen LogP contribution in [0.2, 0.25) is 0 Å². The molecule has 1 aliphatic carbocycles. The summed E-state index contributed by atoms with van der Waals surface area (Å²) in [5.41, 5.74) is 16.6. The molecule has 1 aliphatic rings. The van der Waals surface area contributed by atoms with Gasteiger partial charge in [0, 0.05) is 42.1 Å². The van der Waals surface area contributed by atoms with Gasteiger partial charge in [0.2, 0.25) is 5.95 Å². The van der Waals surface area contributed by atoms with E-state index in [1.165, 1.54) is 17.5 Å². The molecule has 2 heterocycles. The first-order valence-electron chi connectivity index (χ1n) is 10.9. The van der Waals surface area contributed by atoms with E-state index in [0.29, 0.717) is 11.8 Å². The van der Waals surface area contributed by atoms with Gasteiger partial charge in [0.25, 0.3) is 5.91 Å². The summed E-state index contributed by atoms with van der Waals surface area (Å²) in [7, 11) is 2.07. The van der Waals surface area contributed by atoms with E-state index in [-0.39, 0.29) is 17.6 Å². The largest absolute Gasteiger partial charge is 0.365 e. The maximum Gasteiger partial charge on any atom is 0.254 e. The molecule has 1 fully saturated rings. The predicted molar refractivity (Wildman–Crippen MR) is 125 cm³/mol. The second kappa shape index (κ2) is 8.55. The molecule has 3 aromatic rings. The summed E-state index contributed by atoms with van der Waals surface area (Å²) in [6.45, 7) is 4.27.